The zero-order chi connectivity index (χ0) is 14.6. The molecule has 0 atom stereocenters. The van der Waals surface area contributed by atoms with Gasteiger partial charge in [-0.2, -0.15) is 0 Å². The van der Waals surface area contributed by atoms with Crippen molar-refractivity contribution in [3.05, 3.63) is 23.0 Å². The molecule has 0 saturated heterocycles. The monoisotopic (exact) mass is 265 g/mol. The van der Waals surface area contributed by atoms with Crippen LogP contribution in [-0.4, -0.2) is 47.8 Å². The minimum atomic E-state index is -0.0735. The Balaban J connectivity index is 2.77. The van der Waals surface area contributed by atoms with E-state index in [0.717, 1.165) is 17.0 Å². The van der Waals surface area contributed by atoms with Gasteiger partial charge in [0.15, 0.2) is 5.78 Å². The van der Waals surface area contributed by atoms with Crippen LogP contribution < -0.4 is 5.32 Å². The lowest BCUT2D eigenvalue weighted by molar-refractivity contribution is -0.121. The summed E-state index contributed by atoms with van der Waals surface area (Å²) in [5.41, 5.74) is 2.78. The number of likely N-dealkylation sites (N-methyl/N-ethyl adjacent to an activating group) is 2. The van der Waals surface area contributed by atoms with Crippen LogP contribution in [0.5, 0.6) is 0 Å². The first kappa shape index (κ1) is 15.4. The quantitative estimate of drug-likeness (QED) is 0.777. The van der Waals surface area contributed by atoms with E-state index in [2.05, 4.69) is 5.32 Å². The summed E-state index contributed by atoms with van der Waals surface area (Å²) in [6.45, 7) is 7.06. The molecule has 1 aromatic heterocycles. The van der Waals surface area contributed by atoms with Crippen molar-refractivity contribution in [3.63, 3.8) is 0 Å². The topological polar surface area (TPSA) is 54.3 Å². The minimum Gasteiger partial charge on any atom is -0.358 e. The SMILES string of the molecule is CCN(CC(=O)NC)CC(=O)c1cc(C)n(C)c1C. The molecule has 5 heteroatoms. The molecule has 0 aliphatic carbocycles. The zero-order valence-corrected chi connectivity index (χ0v) is 12.4. The third-order valence-electron chi connectivity index (χ3n) is 3.54. The fraction of sp³-hybridized carbons (Fsp3) is 0.571. The van der Waals surface area contributed by atoms with Crippen LogP contribution in [0.15, 0.2) is 6.07 Å². The van der Waals surface area contributed by atoms with E-state index >= 15 is 0 Å². The van der Waals surface area contributed by atoms with E-state index in [9.17, 15) is 9.59 Å². The Morgan fingerprint density at radius 3 is 2.37 bits per heavy atom. The van der Waals surface area contributed by atoms with Crippen molar-refractivity contribution in [1.29, 1.82) is 0 Å². The van der Waals surface area contributed by atoms with Gasteiger partial charge in [0.1, 0.15) is 0 Å². The lowest BCUT2D eigenvalue weighted by Gasteiger charge is -2.18. The molecule has 0 fully saturated rings. The maximum atomic E-state index is 12.3. The summed E-state index contributed by atoms with van der Waals surface area (Å²) in [6, 6.07) is 1.91. The lowest BCUT2D eigenvalue weighted by atomic mass is 10.1. The number of carbonyl (C=O) groups is 2. The largest absolute Gasteiger partial charge is 0.358 e. The van der Waals surface area contributed by atoms with Gasteiger partial charge in [0.25, 0.3) is 0 Å². The van der Waals surface area contributed by atoms with E-state index in [1.165, 1.54) is 0 Å². The predicted octanol–water partition coefficient (Wildman–Crippen LogP) is 0.893. The molecule has 1 rings (SSSR count). The second-order valence-electron chi connectivity index (χ2n) is 4.74. The Bertz CT molecular complexity index is 477. The van der Waals surface area contributed by atoms with Crippen LogP contribution >= 0.6 is 0 Å². The van der Waals surface area contributed by atoms with Crippen molar-refractivity contribution >= 4 is 11.7 Å². The summed E-state index contributed by atoms with van der Waals surface area (Å²) in [5, 5.41) is 2.57. The Labute approximate surface area is 114 Å². The van der Waals surface area contributed by atoms with Crippen LogP contribution in [0.25, 0.3) is 0 Å². The average molecular weight is 265 g/mol. The van der Waals surface area contributed by atoms with Crippen molar-refractivity contribution in [2.45, 2.75) is 20.8 Å². The van der Waals surface area contributed by atoms with Gasteiger partial charge in [-0.25, -0.2) is 0 Å². The van der Waals surface area contributed by atoms with Gasteiger partial charge in [-0.3, -0.25) is 14.5 Å². The van der Waals surface area contributed by atoms with Gasteiger partial charge in [0.05, 0.1) is 13.1 Å². The highest BCUT2D eigenvalue weighted by Gasteiger charge is 2.17. The summed E-state index contributed by atoms with van der Waals surface area (Å²) in [5.74, 6) is -0.0115. The minimum absolute atomic E-state index is 0.0620. The van der Waals surface area contributed by atoms with Crippen molar-refractivity contribution < 1.29 is 9.59 Å². The Morgan fingerprint density at radius 1 is 1.32 bits per heavy atom. The highest BCUT2D eigenvalue weighted by atomic mass is 16.2. The molecule has 0 spiro atoms. The molecule has 1 amide bonds. The van der Waals surface area contributed by atoms with E-state index in [-0.39, 0.29) is 24.8 Å². The zero-order valence-electron chi connectivity index (χ0n) is 12.4. The number of nitrogens with one attached hydrogen (secondary N) is 1. The standard InChI is InChI=1S/C14H23N3O2/c1-6-17(9-14(19)15-4)8-13(18)12-7-10(2)16(5)11(12)3/h7H,6,8-9H2,1-5H3,(H,15,19). The molecule has 0 aromatic carbocycles. The summed E-state index contributed by atoms with van der Waals surface area (Å²) in [7, 11) is 3.55. The second kappa shape index (κ2) is 6.52. The highest BCUT2D eigenvalue weighted by Crippen LogP contribution is 2.14. The molecule has 0 aliphatic heterocycles. The lowest BCUT2D eigenvalue weighted by Crippen LogP contribution is -2.38. The molecule has 0 unspecified atom stereocenters. The van der Waals surface area contributed by atoms with Crippen LogP contribution in [-0.2, 0) is 11.8 Å². The molecule has 0 saturated carbocycles. The van der Waals surface area contributed by atoms with Crippen LogP contribution in [0.4, 0.5) is 0 Å². The summed E-state index contributed by atoms with van der Waals surface area (Å²) < 4.78 is 2.00. The molecule has 19 heavy (non-hydrogen) atoms. The number of hydrogen-bond acceptors (Lipinski definition) is 3. The number of Topliss-reactive ketones (excluding diaryl/α,β-unsaturated/α-hetero) is 1. The molecule has 0 radical (unpaired) electrons. The average Bonchev–Trinajstić information content (AvgIpc) is 2.65. The molecule has 106 valence electrons. The summed E-state index contributed by atoms with van der Waals surface area (Å²) in [6.07, 6.45) is 0. The molecular weight excluding hydrogens is 242 g/mol. The van der Waals surface area contributed by atoms with Gasteiger partial charge in [-0.15, -0.1) is 0 Å². The molecular formula is C14H23N3O2. The Kier molecular flexibility index (Phi) is 5.30. The normalized spacial score (nSPS) is 10.8. The van der Waals surface area contributed by atoms with Crippen LogP contribution in [0, 0.1) is 13.8 Å². The van der Waals surface area contributed by atoms with Crippen LogP contribution in [0.3, 0.4) is 0 Å². The van der Waals surface area contributed by atoms with Gasteiger partial charge in [-0.1, -0.05) is 6.92 Å². The molecule has 0 bridgehead atoms. The van der Waals surface area contributed by atoms with E-state index < -0.39 is 0 Å². The summed E-state index contributed by atoms with van der Waals surface area (Å²) >= 11 is 0. The number of rotatable bonds is 6. The van der Waals surface area contributed by atoms with Gasteiger partial charge in [0.2, 0.25) is 5.91 Å². The van der Waals surface area contributed by atoms with E-state index in [1.54, 1.807) is 7.05 Å². The number of hydrogen-bond donors (Lipinski definition) is 1. The Hall–Kier alpha value is -1.62. The van der Waals surface area contributed by atoms with Gasteiger partial charge in [-0.05, 0) is 26.5 Å². The van der Waals surface area contributed by atoms with Gasteiger partial charge in [0, 0.05) is 31.0 Å². The molecule has 0 aliphatic rings. The van der Waals surface area contributed by atoms with E-state index in [1.807, 2.05) is 43.4 Å². The molecule has 5 nitrogen and oxygen atoms in total. The van der Waals surface area contributed by atoms with Gasteiger partial charge < -0.3 is 9.88 Å². The van der Waals surface area contributed by atoms with Gasteiger partial charge >= 0.3 is 0 Å². The van der Waals surface area contributed by atoms with Crippen LogP contribution in [0.1, 0.15) is 28.7 Å². The van der Waals surface area contributed by atoms with E-state index in [4.69, 9.17) is 0 Å². The fourth-order valence-electron chi connectivity index (χ4n) is 1.99. The smallest absolute Gasteiger partial charge is 0.233 e. The first-order valence-electron chi connectivity index (χ1n) is 6.49. The molecule has 1 N–H and O–H groups in total. The first-order chi connectivity index (χ1) is 8.90. The van der Waals surface area contributed by atoms with Crippen molar-refractivity contribution in [2.75, 3.05) is 26.7 Å². The molecule has 1 aromatic rings. The maximum absolute atomic E-state index is 12.3. The number of carbonyl (C=O) groups excluding carboxylic acids is 2. The van der Waals surface area contributed by atoms with Crippen molar-refractivity contribution in [3.8, 4) is 0 Å². The number of aryl methyl sites for hydroxylation is 1. The Morgan fingerprint density at radius 2 is 1.95 bits per heavy atom. The summed E-state index contributed by atoms with van der Waals surface area (Å²) in [4.78, 5) is 25.5. The third-order valence-corrected chi connectivity index (χ3v) is 3.54. The fourth-order valence-corrected chi connectivity index (χ4v) is 1.99. The number of nitrogens with zero attached hydrogens (tertiary/aromatic N) is 2. The third kappa shape index (κ3) is 3.67. The molecule has 1 heterocycles. The number of amides is 1. The van der Waals surface area contributed by atoms with Crippen molar-refractivity contribution in [1.82, 2.24) is 14.8 Å². The van der Waals surface area contributed by atoms with E-state index in [0.29, 0.717) is 6.54 Å². The maximum Gasteiger partial charge on any atom is 0.233 e. The van der Waals surface area contributed by atoms with Crippen LogP contribution in [0.2, 0.25) is 0 Å². The second-order valence-corrected chi connectivity index (χ2v) is 4.74. The highest BCUT2D eigenvalue weighted by molar-refractivity contribution is 5.99. The number of ketones is 1. The van der Waals surface area contributed by atoms with Crippen molar-refractivity contribution in [2.24, 2.45) is 7.05 Å². The first-order valence-corrected chi connectivity index (χ1v) is 6.49. The predicted molar refractivity (Wildman–Crippen MR) is 75.4 cm³/mol. The number of aromatic nitrogens is 1.